The Morgan fingerprint density at radius 2 is 1.70 bits per heavy atom. The molecule has 1 saturated carbocycles. The van der Waals surface area contributed by atoms with Crippen molar-refractivity contribution in [2.45, 2.75) is 165 Å². The van der Waals surface area contributed by atoms with Crippen LogP contribution in [0.4, 0.5) is 4.79 Å². The number of imide groups is 3. The molecule has 4 rings (SSSR count). The predicted octanol–water partition coefficient (Wildman–Crippen LogP) is 1.70. The summed E-state index contributed by atoms with van der Waals surface area (Å²) in [5.41, 5.74) is 29.2. The molecule has 2 fully saturated rings. The van der Waals surface area contributed by atoms with Gasteiger partial charge in [-0.25, -0.2) is 14.6 Å². The highest BCUT2D eigenvalue weighted by Crippen LogP contribution is 2.30. The molecule has 1 aliphatic heterocycles. The first-order valence-corrected chi connectivity index (χ1v) is 22.5. The van der Waals surface area contributed by atoms with E-state index < -0.39 is 89.4 Å². The van der Waals surface area contributed by atoms with Gasteiger partial charge in [-0.3, -0.25) is 19.2 Å². The third kappa shape index (κ3) is 14.5. The van der Waals surface area contributed by atoms with E-state index in [1.807, 2.05) is 0 Å². The zero-order chi connectivity index (χ0) is 46.5. The zero-order valence-corrected chi connectivity index (χ0v) is 37.5. The number of esters is 1. The number of aromatic nitrogens is 2. The van der Waals surface area contributed by atoms with E-state index in [9.17, 15) is 29.1 Å². The van der Waals surface area contributed by atoms with Crippen molar-refractivity contribution in [2.24, 2.45) is 40.5 Å². The quantitative estimate of drug-likeness (QED) is 0.0534. The number of aliphatic hydroxyl groups excluding tert-OH is 1. The van der Waals surface area contributed by atoms with Crippen LogP contribution in [0.25, 0.3) is 0 Å². The first kappa shape index (κ1) is 51.0. The molecule has 3 unspecified atom stereocenters. The minimum Gasteiger partial charge on any atom is -0.458 e. The Bertz CT molecular complexity index is 1820. The lowest BCUT2D eigenvalue weighted by Gasteiger charge is -2.42. The molecule has 1 aromatic heterocycles. The summed E-state index contributed by atoms with van der Waals surface area (Å²) in [5.74, 6) is -4.73. The second kappa shape index (κ2) is 23.4. The number of Topliss-reactive ketones (excluding diaryl/α,β-unsaturated/α-hetero) is 1. The van der Waals surface area contributed by atoms with Gasteiger partial charge in [-0.15, -0.1) is 0 Å². The number of ether oxygens (including phenoxy) is 1. The van der Waals surface area contributed by atoms with Gasteiger partial charge in [0.2, 0.25) is 5.91 Å². The van der Waals surface area contributed by atoms with Gasteiger partial charge < -0.3 is 53.7 Å². The van der Waals surface area contributed by atoms with Crippen LogP contribution in [0.3, 0.4) is 0 Å². The summed E-state index contributed by atoms with van der Waals surface area (Å²) in [5, 5.41) is 13.9. The number of H-pyrrole nitrogens is 1. The lowest BCUT2D eigenvalue weighted by molar-refractivity contribution is -0.165. The fourth-order valence-electron chi connectivity index (χ4n) is 8.50. The summed E-state index contributed by atoms with van der Waals surface area (Å²) in [6, 6.07) is 2.27. The minimum absolute atomic E-state index is 0.00903. The van der Waals surface area contributed by atoms with Crippen LogP contribution in [0.2, 0.25) is 0 Å². The number of carbonyl (C=O) groups is 6. The number of urea groups is 1. The molecule has 5 amide bonds. The number of ketones is 1. The van der Waals surface area contributed by atoms with Crippen LogP contribution >= 0.6 is 0 Å². The van der Waals surface area contributed by atoms with Crippen LogP contribution in [0.1, 0.15) is 116 Å². The molecule has 1 aliphatic carbocycles. The molecule has 2 aromatic rings. The Balaban J connectivity index is 1.72. The van der Waals surface area contributed by atoms with E-state index in [4.69, 9.17) is 33.4 Å². The number of nitrogens with zero attached hydrogens (tertiary/aromatic N) is 3. The molecule has 350 valence electrons. The molecule has 1 aromatic carbocycles. The summed E-state index contributed by atoms with van der Waals surface area (Å²) in [6.45, 7) is 6.94. The number of aromatic amines is 1. The smallest absolute Gasteiger partial charge is 0.336 e. The number of aliphatic hydroxyl groups is 1. The monoisotopic (exact) mass is 881 g/mol. The second-order valence-electron chi connectivity index (χ2n) is 18.6. The van der Waals surface area contributed by atoms with Crippen molar-refractivity contribution in [3.8, 4) is 0 Å². The predicted molar refractivity (Wildman–Crippen MR) is 237 cm³/mol. The van der Waals surface area contributed by atoms with Crippen LogP contribution in [-0.4, -0.2) is 121 Å². The van der Waals surface area contributed by atoms with Gasteiger partial charge in [-0.05, 0) is 83.7 Å². The number of nitrogens with two attached hydrogens (primary N) is 5. The fourth-order valence-corrected chi connectivity index (χ4v) is 8.50. The number of benzene rings is 1. The molecule has 0 bridgehead atoms. The first-order chi connectivity index (χ1) is 29.7. The van der Waals surface area contributed by atoms with Gasteiger partial charge in [0.25, 0.3) is 11.8 Å². The number of carbonyl (C=O) groups excluding carboxylic acids is 6. The number of imidazole rings is 1. The first-order valence-electron chi connectivity index (χ1n) is 22.5. The Kier molecular flexibility index (Phi) is 18.9. The average molecular weight is 881 g/mol. The number of unbranched alkanes of at least 4 members (excludes halogenated alkanes) is 1. The molecule has 18 heteroatoms. The third-order valence-electron chi connectivity index (χ3n) is 12.2. The fraction of sp³-hybridized carbons (Fsp3) is 0.667. The van der Waals surface area contributed by atoms with Crippen molar-refractivity contribution in [3.63, 3.8) is 0 Å². The summed E-state index contributed by atoms with van der Waals surface area (Å²) in [4.78, 5) is 95.3. The number of hydrogen-bond donors (Lipinski definition) is 8. The van der Waals surface area contributed by atoms with E-state index in [0.717, 1.165) is 37.0 Å². The van der Waals surface area contributed by atoms with E-state index in [1.54, 1.807) is 58.0 Å². The SMILES string of the molecule is CC(N)[C@H]1CCN(C(=O)N(C(=O)C[C@H](O)C(N)CC2CCCCC2)C(=O)[C@@H](N)CCCCN)C(C(=O)[C@H](Cc2cnc[nH]2)NC(=O)[C@@](N)(Cc2ccccc2)C(=O)OC(C)(C)C)C1. The lowest BCUT2D eigenvalue weighted by atomic mass is 9.82. The van der Waals surface area contributed by atoms with E-state index >= 15 is 4.79 Å². The number of rotatable bonds is 20. The molecule has 2 aliphatic rings. The zero-order valence-electron chi connectivity index (χ0n) is 37.5. The Morgan fingerprint density at radius 1 is 1.02 bits per heavy atom. The molecule has 1 saturated heterocycles. The van der Waals surface area contributed by atoms with Crippen molar-refractivity contribution in [2.75, 3.05) is 13.1 Å². The largest absolute Gasteiger partial charge is 0.458 e. The highest BCUT2D eigenvalue weighted by atomic mass is 16.6. The van der Waals surface area contributed by atoms with Crippen LogP contribution in [0.5, 0.6) is 0 Å². The van der Waals surface area contributed by atoms with Crippen LogP contribution in [0.15, 0.2) is 42.9 Å². The van der Waals surface area contributed by atoms with E-state index in [-0.39, 0.29) is 44.1 Å². The summed E-state index contributed by atoms with van der Waals surface area (Å²) in [6.07, 6.45) is 7.49. The maximum absolute atomic E-state index is 15.1. The Labute approximate surface area is 371 Å². The molecule has 0 spiro atoms. The Hall–Kier alpha value is -4.59. The molecule has 2 heterocycles. The van der Waals surface area contributed by atoms with Crippen molar-refractivity contribution in [1.29, 1.82) is 0 Å². The number of hydrogen-bond acceptors (Lipinski definition) is 14. The molecular weight excluding hydrogens is 809 g/mol. The summed E-state index contributed by atoms with van der Waals surface area (Å²) in [7, 11) is 0. The molecule has 63 heavy (non-hydrogen) atoms. The highest BCUT2D eigenvalue weighted by Gasteiger charge is 2.49. The van der Waals surface area contributed by atoms with Gasteiger partial charge in [0, 0.05) is 43.4 Å². The van der Waals surface area contributed by atoms with Crippen LogP contribution < -0.4 is 34.0 Å². The second-order valence-corrected chi connectivity index (χ2v) is 18.6. The van der Waals surface area contributed by atoms with Gasteiger partial charge in [0.05, 0.1) is 37.0 Å². The molecular formula is C45H72N10O8. The highest BCUT2D eigenvalue weighted by molar-refractivity contribution is 6.13. The van der Waals surface area contributed by atoms with Crippen molar-refractivity contribution in [3.05, 3.63) is 54.1 Å². The van der Waals surface area contributed by atoms with Gasteiger partial charge in [-0.2, -0.15) is 4.90 Å². The van der Waals surface area contributed by atoms with E-state index in [2.05, 4.69) is 15.3 Å². The minimum atomic E-state index is -2.31. The number of amides is 5. The molecule has 13 N–H and O–H groups in total. The van der Waals surface area contributed by atoms with Crippen LogP contribution in [-0.2, 0) is 41.6 Å². The topological polar surface area (TPSA) is 309 Å². The molecule has 0 radical (unpaired) electrons. The molecule has 18 nitrogen and oxygen atoms in total. The number of nitrogens with one attached hydrogen (secondary N) is 2. The molecule has 8 atom stereocenters. The van der Waals surface area contributed by atoms with E-state index in [0.29, 0.717) is 48.4 Å². The summed E-state index contributed by atoms with van der Waals surface area (Å²) < 4.78 is 5.65. The average Bonchev–Trinajstić information content (AvgIpc) is 3.76. The summed E-state index contributed by atoms with van der Waals surface area (Å²) >= 11 is 0. The number of likely N-dealkylation sites (tertiary alicyclic amines) is 1. The van der Waals surface area contributed by atoms with Crippen molar-refractivity contribution in [1.82, 2.24) is 25.1 Å². The van der Waals surface area contributed by atoms with Gasteiger partial charge >= 0.3 is 12.0 Å². The maximum atomic E-state index is 15.1. The van der Waals surface area contributed by atoms with E-state index in [1.165, 1.54) is 12.5 Å². The normalized spacial score (nSPS) is 20.6. The third-order valence-corrected chi connectivity index (χ3v) is 12.2. The van der Waals surface area contributed by atoms with Gasteiger partial charge in [0.15, 0.2) is 11.3 Å². The number of piperidine rings is 1. The van der Waals surface area contributed by atoms with Crippen LogP contribution in [0, 0.1) is 11.8 Å². The standard InChI is InChI=1S/C45H72N10O8/c1-28(47)31-18-20-54(43(62)55(40(59)33(48)17-11-12-19-46)38(57)24-37(56)34(49)21-29-13-7-5-8-14-29)36(22-31)39(58)35(23-32-26-51-27-52-32)53-41(60)45(50,42(61)63-44(2,3)4)25-30-15-9-6-10-16-30/h6,9-10,15-16,26-29,31,33-37,56H,5,7-8,11-14,17-25,46-50H2,1-4H3,(H,51,52)(H,53,60)/t28?,31-,33-,34?,35-,36?,37-,45-/m0/s1. The van der Waals surface area contributed by atoms with Gasteiger partial charge in [-0.1, -0.05) is 68.9 Å². The lowest BCUT2D eigenvalue weighted by Crippen LogP contribution is -2.66. The van der Waals surface area contributed by atoms with Gasteiger partial charge in [0.1, 0.15) is 5.60 Å². The Morgan fingerprint density at radius 3 is 2.30 bits per heavy atom. The maximum Gasteiger partial charge on any atom is 0.336 e. The van der Waals surface area contributed by atoms with Crippen molar-refractivity contribution < 1.29 is 38.6 Å². The van der Waals surface area contributed by atoms with Crippen molar-refractivity contribution >= 4 is 35.5 Å².